The third-order valence-electron chi connectivity index (χ3n) is 4.90. The molecule has 0 fully saturated rings. The minimum atomic E-state index is -0.340. The molecule has 3 aromatic rings. The Morgan fingerprint density at radius 2 is 2.21 bits per heavy atom. The molecule has 2 aliphatic rings. The second kappa shape index (κ2) is 7.32. The highest BCUT2D eigenvalue weighted by molar-refractivity contribution is 7.75. The van der Waals surface area contributed by atoms with E-state index in [4.69, 9.17) is 18.4 Å². The first kappa shape index (κ1) is 17.9. The molecule has 1 unspecified atom stereocenters. The van der Waals surface area contributed by atoms with Gasteiger partial charge in [0.1, 0.15) is 19.0 Å². The summed E-state index contributed by atoms with van der Waals surface area (Å²) >= 11 is 3.85. The van der Waals surface area contributed by atoms with Gasteiger partial charge in [-0.1, -0.05) is 0 Å². The maximum Gasteiger partial charge on any atom is 0.351 e. The molecule has 0 spiro atoms. The van der Waals surface area contributed by atoms with Gasteiger partial charge in [0.15, 0.2) is 11.9 Å². The van der Waals surface area contributed by atoms with E-state index in [1.165, 1.54) is 0 Å². The summed E-state index contributed by atoms with van der Waals surface area (Å²) in [6.07, 6.45) is 2.04. The third kappa shape index (κ3) is 3.38. The smallest absolute Gasteiger partial charge is 0.351 e. The second-order valence-corrected chi connectivity index (χ2v) is 6.93. The van der Waals surface area contributed by atoms with Crippen molar-refractivity contribution in [2.24, 2.45) is 0 Å². The summed E-state index contributed by atoms with van der Waals surface area (Å²) in [4.78, 5) is 20.7. The maximum atomic E-state index is 12.5. The highest BCUT2D eigenvalue weighted by Gasteiger charge is 2.24. The van der Waals surface area contributed by atoms with Crippen LogP contribution in [0.4, 0.5) is 0 Å². The van der Waals surface area contributed by atoms with Crippen LogP contribution in [0.5, 0.6) is 23.3 Å². The minimum absolute atomic E-state index is 0.198. The van der Waals surface area contributed by atoms with E-state index in [1.54, 1.807) is 29.0 Å². The molecule has 0 saturated heterocycles. The van der Waals surface area contributed by atoms with Gasteiger partial charge in [-0.05, 0) is 42.3 Å². The van der Waals surface area contributed by atoms with E-state index in [2.05, 4.69) is 22.9 Å². The summed E-state index contributed by atoms with van der Waals surface area (Å²) in [5.74, 6) is 1.96. The predicted octanol–water partition coefficient (Wildman–Crippen LogP) is 2.30. The highest BCUT2D eigenvalue weighted by Crippen LogP contribution is 2.33. The molecule has 1 aromatic carbocycles. The van der Waals surface area contributed by atoms with E-state index < -0.39 is 0 Å². The zero-order chi connectivity index (χ0) is 19.8. The van der Waals surface area contributed by atoms with Crippen molar-refractivity contribution in [3.05, 3.63) is 58.6 Å². The molecule has 4 heterocycles. The molecule has 2 aliphatic heterocycles. The van der Waals surface area contributed by atoms with Gasteiger partial charge < -0.3 is 18.4 Å². The molecule has 0 radical (unpaired) electrons. The summed E-state index contributed by atoms with van der Waals surface area (Å²) in [6.45, 7) is 1.06. The van der Waals surface area contributed by atoms with Gasteiger partial charge in [0.25, 0.3) is 5.88 Å². The number of benzene rings is 1. The summed E-state index contributed by atoms with van der Waals surface area (Å²) in [5, 5.41) is 0. The van der Waals surface area contributed by atoms with Crippen molar-refractivity contribution < 1.29 is 18.4 Å². The van der Waals surface area contributed by atoms with E-state index in [0.29, 0.717) is 30.5 Å². The van der Waals surface area contributed by atoms with Crippen molar-refractivity contribution in [3.8, 4) is 34.5 Å². The highest BCUT2D eigenvalue weighted by atomic mass is 32.1. The van der Waals surface area contributed by atoms with E-state index >= 15 is 0 Å². The molecule has 29 heavy (non-hydrogen) atoms. The number of rotatable bonds is 4. The average Bonchev–Trinajstić information content (AvgIpc) is 2.77. The Kier molecular flexibility index (Phi) is 4.51. The van der Waals surface area contributed by atoms with Crippen molar-refractivity contribution in [3.63, 3.8) is 0 Å². The lowest BCUT2D eigenvalue weighted by Crippen LogP contribution is -2.35. The van der Waals surface area contributed by atoms with Crippen LogP contribution in [0.3, 0.4) is 0 Å². The fourth-order valence-corrected chi connectivity index (χ4v) is 3.65. The summed E-state index contributed by atoms with van der Waals surface area (Å²) < 4.78 is 23.9. The van der Waals surface area contributed by atoms with Gasteiger partial charge in [0.05, 0.1) is 5.69 Å². The van der Waals surface area contributed by atoms with Crippen LogP contribution in [-0.4, -0.2) is 33.9 Å². The lowest BCUT2D eigenvalue weighted by Gasteiger charge is -2.25. The number of thiol groups is 1. The number of aryl methyl sites for hydroxylation is 1. The molecule has 5 rings (SSSR count). The standard InChI is InChI=1S/C20H17N3O5S/c24-20-22-18(25-10-14-11-26-19-17(27-14)2-1-6-21-19)9-16-15-4-3-13(28-29)8-12(15)5-7-23(16)20/h1-4,6,8-9,14,29H,5,7,10-11H2. The van der Waals surface area contributed by atoms with Crippen LogP contribution in [0, 0.1) is 0 Å². The maximum absolute atomic E-state index is 12.5. The van der Waals surface area contributed by atoms with Crippen molar-refractivity contribution in [2.75, 3.05) is 13.2 Å². The first-order valence-corrected chi connectivity index (χ1v) is 9.51. The minimum Gasteiger partial charge on any atom is -0.478 e. The molecule has 9 heteroatoms. The first-order valence-electron chi connectivity index (χ1n) is 9.15. The third-order valence-corrected chi connectivity index (χ3v) is 5.11. The number of hydrogen-bond acceptors (Lipinski definition) is 8. The Labute approximate surface area is 171 Å². The van der Waals surface area contributed by atoms with Crippen molar-refractivity contribution in [1.29, 1.82) is 0 Å². The van der Waals surface area contributed by atoms with Crippen LogP contribution in [0.1, 0.15) is 5.56 Å². The van der Waals surface area contributed by atoms with Crippen molar-refractivity contribution >= 4 is 12.9 Å². The molecule has 0 N–H and O–H groups in total. The van der Waals surface area contributed by atoms with E-state index in [-0.39, 0.29) is 24.3 Å². The van der Waals surface area contributed by atoms with Crippen LogP contribution in [0.25, 0.3) is 11.3 Å². The molecule has 0 bridgehead atoms. The monoisotopic (exact) mass is 411 g/mol. The van der Waals surface area contributed by atoms with Crippen molar-refractivity contribution in [2.45, 2.75) is 19.1 Å². The van der Waals surface area contributed by atoms with Gasteiger partial charge >= 0.3 is 5.69 Å². The van der Waals surface area contributed by atoms with E-state index in [0.717, 1.165) is 23.2 Å². The van der Waals surface area contributed by atoms with Crippen LogP contribution in [-0.2, 0) is 13.0 Å². The van der Waals surface area contributed by atoms with Gasteiger partial charge in [-0.15, -0.1) is 0 Å². The van der Waals surface area contributed by atoms with Gasteiger partial charge in [0, 0.05) is 37.3 Å². The molecule has 1 atom stereocenters. The Morgan fingerprint density at radius 3 is 3.10 bits per heavy atom. The lowest BCUT2D eigenvalue weighted by molar-refractivity contribution is 0.0486. The molecule has 0 saturated carbocycles. The van der Waals surface area contributed by atoms with Crippen LogP contribution in [0.15, 0.2) is 47.4 Å². The fraction of sp³-hybridized carbons (Fsp3) is 0.250. The van der Waals surface area contributed by atoms with Gasteiger partial charge in [-0.3, -0.25) is 4.57 Å². The number of aromatic nitrogens is 3. The Hall–Kier alpha value is -3.20. The van der Waals surface area contributed by atoms with Crippen molar-refractivity contribution in [1.82, 2.24) is 14.5 Å². The van der Waals surface area contributed by atoms with E-state index in [1.807, 2.05) is 18.2 Å². The molecule has 2 aromatic heterocycles. The number of nitrogens with zero attached hydrogens (tertiary/aromatic N) is 3. The summed E-state index contributed by atoms with van der Waals surface area (Å²) in [6, 6.07) is 11.0. The Morgan fingerprint density at radius 1 is 1.28 bits per heavy atom. The van der Waals surface area contributed by atoms with Crippen LogP contribution in [0.2, 0.25) is 0 Å². The normalized spacial score (nSPS) is 16.5. The molecular formula is C20H17N3O5S. The Balaban J connectivity index is 1.37. The molecular weight excluding hydrogens is 394 g/mol. The fourth-order valence-electron chi connectivity index (χ4n) is 3.53. The zero-order valence-corrected chi connectivity index (χ0v) is 16.2. The average molecular weight is 411 g/mol. The van der Waals surface area contributed by atoms with Crippen LogP contribution < -0.4 is 24.1 Å². The summed E-state index contributed by atoms with van der Waals surface area (Å²) in [7, 11) is 0. The first-order chi connectivity index (χ1) is 14.2. The number of hydrogen-bond donors (Lipinski definition) is 1. The largest absolute Gasteiger partial charge is 0.478 e. The molecule has 148 valence electrons. The summed E-state index contributed by atoms with van der Waals surface area (Å²) in [5.41, 5.74) is 2.46. The number of pyridine rings is 1. The SMILES string of the molecule is O=c1nc(OCC2COc3ncccc3O2)cc2n1CCc1cc(OS)ccc1-2. The quantitative estimate of drug-likeness (QED) is 0.521. The van der Waals surface area contributed by atoms with E-state index in [9.17, 15) is 4.79 Å². The number of fused-ring (bicyclic) bond motifs is 4. The predicted molar refractivity (Wildman–Crippen MR) is 107 cm³/mol. The van der Waals surface area contributed by atoms with Gasteiger partial charge in [0.2, 0.25) is 5.88 Å². The zero-order valence-electron chi connectivity index (χ0n) is 15.3. The molecule has 0 aliphatic carbocycles. The van der Waals surface area contributed by atoms with Gasteiger partial charge in [-0.25, -0.2) is 9.78 Å². The Bertz CT molecular complexity index is 1130. The van der Waals surface area contributed by atoms with Gasteiger partial charge in [-0.2, -0.15) is 4.98 Å². The van der Waals surface area contributed by atoms with Crippen LogP contribution >= 0.6 is 12.9 Å². The topological polar surface area (TPSA) is 84.7 Å². The molecule has 8 nitrogen and oxygen atoms in total. The second-order valence-electron chi connectivity index (χ2n) is 6.74. The molecule has 0 amide bonds. The number of ether oxygens (including phenoxy) is 3. The lowest BCUT2D eigenvalue weighted by atomic mass is 9.97.